The Morgan fingerprint density at radius 2 is 2.25 bits per heavy atom. The number of likely N-dealkylation sites (tertiary alicyclic amines) is 1. The largest absolute Gasteiger partial charge is 0.337 e. The van der Waals surface area contributed by atoms with Crippen molar-refractivity contribution in [3.8, 4) is 0 Å². The van der Waals surface area contributed by atoms with Gasteiger partial charge in [0.1, 0.15) is 0 Å². The molecule has 0 spiro atoms. The maximum absolute atomic E-state index is 10.8. The van der Waals surface area contributed by atoms with Crippen molar-refractivity contribution >= 4 is 18.3 Å². The number of hydrogen-bond donors (Lipinski definition) is 0. The van der Waals surface area contributed by atoms with Gasteiger partial charge < -0.3 is 4.90 Å². The first-order valence-corrected chi connectivity index (χ1v) is 5.62. The van der Waals surface area contributed by atoms with Crippen LogP contribution < -0.4 is 0 Å². The van der Waals surface area contributed by atoms with E-state index in [0.29, 0.717) is 0 Å². The molecule has 1 aromatic rings. The van der Waals surface area contributed by atoms with E-state index in [9.17, 15) is 4.79 Å². The summed E-state index contributed by atoms with van der Waals surface area (Å²) in [6, 6.07) is 8.19. The zero-order valence-electron chi connectivity index (χ0n) is 9.47. The van der Waals surface area contributed by atoms with E-state index in [-0.39, 0.29) is 6.04 Å². The maximum Gasteiger partial charge on any atom is 0.210 e. The fourth-order valence-electron chi connectivity index (χ4n) is 1.98. The SMILES string of the molecule is Cc1ccccc1N=C[C@@H]1CCCN1C=O. The lowest BCUT2D eigenvalue weighted by molar-refractivity contribution is -0.117. The number of rotatable bonds is 3. The highest BCUT2D eigenvalue weighted by Crippen LogP contribution is 2.19. The molecule has 0 unspecified atom stereocenters. The number of benzene rings is 1. The van der Waals surface area contributed by atoms with Crippen LogP contribution in [-0.2, 0) is 4.79 Å². The van der Waals surface area contributed by atoms with Crippen molar-refractivity contribution in [3.63, 3.8) is 0 Å². The second kappa shape index (κ2) is 4.92. The van der Waals surface area contributed by atoms with Crippen LogP contribution in [0.2, 0.25) is 0 Å². The van der Waals surface area contributed by atoms with Crippen LogP contribution in [0.25, 0.3) is 0 Å². The number of amides is 1. The molecule has 1 aliphatic heterocycles. The molecule has 0 bridgehead atoms. The van der Waals surface area contributed by atoms with Gasteiger partial charge in [0.05, 0.1) is 11.7 Å². The summed E-state index contributed by atoms with van der Waals surface area (Å²) in [6.45, 7) is 2.90. The van der Waals surface area contributed by atoms with Crippen molar-refractivity contribution in [3.05, 3.63) is 29.8 Å². The van der Waals surface area contributed by atoms with E-state index in [0.717, 1.165) is 37.0 Å². The number of para-hydroxylation sites is 1. The molecule has 0 saturated carbocycles. The molecule has 1 heterocycles. The van der Waals surface area contributed by atoms with Crippen LogP contribution in [0.1, 0.15) is 18.4 Å². The summed E-state index contributed by atoms with van der Waals surface area (Å²) in [5, 5.41) is 0. The van der Waals surface area contributed by atoms with Gasteiger partial charge in [-0.3, -0.25) is 9.79 Å². The molecular formula is C13H16N2O. The van der Waals surface area contributed by atoms with Gasteiger partial charge in [0.15, 0.2) is 0 Å². The Bertz CT molecular complexity index is 401. The minimum atomic E-state index is 0.178. The van der Waals surface area contributed by atoms with Crippen LogP contribution in [-0.4, -0.2) is 30.1 Å². The van der Waals surface area contributed by atoms with E-state index in [4.69, 9.17) is 0 Å². The Labute approximate surface area is 95.8 Å². The molecular weight excluding hydrogens is 200 g/mol. The first-order chi connectivity index (χ1) is 7.81. The smallest absolute Gasteiger partial charge is 0.210 e. The predicted molar refractivity (Wildman–Crippen MR) is 65.1 cm³/mol. The quantitative estimate of drug-likeness (QED) is 0.563. The number of carbonyl (C=O) groups is 1. The van der Waals surface area contributed by atoms with Crippen LogP contribution in [0.3, 0.4) is 0 Å². The number of aliphatic imine (C=N–C) groups is 1. The zero-order chi connectivity index (χ0) is 11.4. The van der Waals surface area contributed by atoms with Gasteiger partial charge in [-0.2, -0.15) is 0 Å². The Morgan fingerprint density at radius 3 is 3.00 bits per heavy atom. The van der Waals surface area contributed by atoms with Gasteiger partial charge in [0.2, 0.25) is 6.41 Å². The summed E-state index contributed by atoms with van der Waals surface area (Å²) < 4.78 is 0. The van der Waals surface area contributed by atoms with Crippen LogP contribution >= 0.6 is 0 Å². The third-order valence-corrected chi connectivity index (χ3v) is 2.98. The molecule has 16 heavy (non-hydrogen) atoms. The Hall–Kier alpha value is -1.64. The molecule has 1 fully saturated rings. The zero-order valence-corrected chi connectivity index (χ0v) is 9.47. The summed E-state index contributed by atoms with van der Waals surface area (Å²) >= 11 is 0. The van der Waals surface area contributed by atoms with Crippen molar-refractivity contribution < 1.29 is 4.79 Å². The molecule has 1 amide bonds. The van der Waals surface area contributed by atoms with Crippen LogP contribution in [0.5, 0.6) is 0 Å². The van der Waals surface area contributed by atoms with E-state index in [1.165, 1.54) is 0 Å². The van der Waals surface area contributed by atoms with Crippen LogP contribution in [0.15, 0.2) is 29.3 Å². The topological polar surface area (TPSA) is 32.7 Å². The van der Waals surface area contributed by atoms with E-state index in [2.05, 4.69) is 4.99 Å². The van der Waals surface area contributed by atoms with Crippen molar-refractivity contribution in [1.29, 1.82) is 0 Å². The fourth-order valence-corrected chi connectivity index (χ4v) is 1.98. The summed E-state index contributed by atoms with van der Waals surface area (Å²) in [6.07, 6.45) is 4.91. The second-order valence-corrected chi connectivity index (χ2v) is 4.12. The summed E-state index contributed by atoms with van der Waals surface area (Å²) in [7, 11) is 0. The standard InChI is InChI=1S/C13H16N2O/c1-11-5-2-3-7-13(11)14-9-12-6-4-8-15(12)10-16/h2-3,5,7,9-10,12H,4,6,8H2,1H3/t12-/m0/s1. The van der Waals surface area contributed by atoms with Crippen LogP contribution in [0.4, 0.5) is 5.69 Å². The molecule has 1 saturated heterocycles. The van der Waals surface area contributed by atoms with E-state index >= 15 is 0 Å². The van der Waals surface area contributed by atoms with Gasteiger partial charge in [-0.15, -0.1) is 0 Å². The van der Waals surface area contributed by atoms with Gasteiger partial charge in [0.25, 0.3) is 0 Å². The first kappa shape index (κ1) is 10.9. The van der Waals surface area contributed by atoms with Gasteiger partial charge >= 0.3 is 0 Å². The van der Waals surface area contributed by atoms with Crippen LogP contribution in [0, 0.1) is 6.92 Å². The second-order valence-electron chi connectivity index (χ2n) is 4.12. The predicted octanol–water partition coefficient (Wildman–Crippen LogP) is 2.32. The van der Waals surface area contributed by atoms with E-state index in [1.54, 1.807) is 0 Å². The highest BCUT2D eigenvalue weighted by atomic mass is 16.1. The Balaban J connectivity index is 2.09. The average molecular weight is 216 g/mol. The normalized spacial score (nSPS) is 20.6. The summed E-state index contributed by atoms with van der Waals surface area (Å²) in [5.41, 5.74) is 2.15. The fraction of sp³-hybridized carbons (Fsp3) is 0.385. The average Bonchev–Trinajstić information content (AvgIpc) is 2.75. The third-order valence-electron chi connectivity index (χ3n) is 2.98. The molecule has 84 valence electrons. The van der Waals surface area contributed by atoms with Crippen molar-refractivity contribution in [2.75, 3.05) is 6.54 Å². The van der Waals surface area contributed by atoms with Gasteiger partial charge in [-0.1, -0.05) is 18.2 Å². The highest BCUT2D eigenvalue weighted by Gasteiger charge is 2.20. The lowest BCUT2D eigenvalue weighted by Gasteiger charge is -2.14. The highest BCUT2D eigenvalue weighted by molar-refractivity contribution is 5.73. The van der Waals surface area contributed by atoms with Gasteiger partial charge in [0, 0.05) is 12.8 Å². The number of carbonyl (C=O) groups excluding carboxylic acids is 1. The summed E-state index contributed by atoms with van der Waals surface area (Å²) in [5.74, 6) is 0. The number of nitrogens with zero attached hydrogens (tertiary/aromatic N) is 2. The van der Waals surface area contributed by atoms with Crippen molar-refractivity contribution in [2.24, 2.45) is 4.99 Å². The molecule has 2 rings (SSSR count). The van der Waals surface area contributed by atoms with E-state index < -0.39 is 0 Å². The number of hydrogen-bond acceptors (Lipinski definition) is 2. The molecule has 0 aromatic heterocycles. The molecule has 0 radical (unpaired) electrons. The molecule has 1 atom stereocenters. The molecule has 1 aliphatic rings. The first-order valence-electron chi connectivity index (χ1n) is 5.62. The monoisotopic (exact) mass is 216 g/mol. The minimum Gasteiger partial charge on any atom is -0.337 e. The lowest BCUT2D eigenvalue weighted by atomic mass is 10.2. The lowest BCUT2D eigenvalue weighted by Crippen LogP contribution is -2.28. The van der Waals surface area contributed by atoms with Crippen molar-refractivity contribution in [1.82, 2.24) is 4.90 Å². The summed E-state index contributed by atoms with van der Waals surface area (Å²) in [4.78, 5) is 17.0. The van der Waals surface area contributed by atoms with Gasteiger partial charge in [-0.25, -0.2) is 0 Å². The number of aryl methyl sites for hydroxylation is 1. The maximum atomic E-state index is 10.8. The Kier molecular flexibility index (Phi) is 3.34. The molecule has 0 aliphatic carbocycles. The van der Waals surface area contributed by atoms with Gasteiger partial charge in [-0.05, 0) is 31.4 Å². The molecule has 1 aromatic carbocycles. The molecule has 0 N–H and O–H groups in total. The Morgan fingerprint density at radius 1 is 1.44 bits per heavy atom. The van der Waals surface area contributed by atoms with Crippen molar-refractivity contribution in [2.45, 2.75) is 25.8 Å². The minimum absolute atomic E-state index is 0.178. The molecule has 3 nitrogen and oxygen atoms in total. The third kappa shape index (κ3) is 2.30. The van der Waals surface area contributed by atoms with E-state index in [1.807, 2.05) is 42.3 Å². The molecule has 3 heteroatoms.